The predicted octanol–water partition coefficient (Wildman–Crippen LogP) is 2.01. The van der Waals surface area contributed by atoms with Crippen LogP contribution in [0.2, 0.25) is 0 Å². The quantitative estimate of drug-likeness (QED) is 0.875. The first-order chi connectivity index (χ1) is 9.04. The highest BCUT2D eigenvalue weighted by Crippen LogP contribution is 2.19. The third-order valence-corrected chi connectivity index (χ3v) is 4.35. The Labute approximate surface area is 123 Å². The molecule has 0 atom stereocenters. The first kappa shape index (κ1) is 14.5. The molecule has 2 N–H and O–H groups in total. The SMILES string of the molecule is Cc1cc(Br)ccc1NC(=O)C[NH+]1CCC(C)CC1. The van der Waals surface area contributed by atoms with Gasteiger partial charge in [0.1, 0.15) is 0 Å². The summed E-state index contributed by atoms with van der Waals surface area (Å²) in [6.45, 7) is 7.13. The molecule has 1 fully saturated rings. The molecule has 0 bridgehead atoms. The number of piperidine rings is 1. The van der Waals surface area contributed by atoms with Crippen LogP contribution in [0.1, 0.15) is 25.3 Å². The minimum absolute atomic E-state index is 0.120. The molecule has 1 aromatic rings. The maximum Gasteiger partial charge on any atom is 0.279 e. The Morgan fingerprint density at radius 1 is 1.42 bits per heavy atom. The second-order valence-corrected chi connectivity index (χ2v) is 6.53. The second-order valence-electron chi connectivity index (χ2n) is 5.62. The maximum absolute atomic E-state index is 12.1. The average molecular weight is 326 g/mol. The van der Waals surface area contributed by atoms with Crippen molar-refractivity contribution in [1.82, 2.24) is 0 Å². The van der Waals surface area contributed by atoms with Gasteiger partial charge in [-0.15, -0.1) is 0 Å². The van der Waals surface area contributed by atoms with Crippen molar-refractivity contribution in [3.8, 4) is 0 Å². The van der Waals surface area contributed by atoms with Crippen LogP contribution in [0.25, 0.3) is 0 Å². The van der Waals surface area contributed by atoms with Crippen molar-refractivity contribution >= 4 is 27.5 Å². The van der Waals surface area contributed by atoms with E-state index in [-0.39, 0.29) is 5.91 Å². The number of carbonyl (C=O) groups is 1. The molecule has 1 aromatic carbocycles. The van der Waals surface area contributed by atoms with Crippen LogP contribution in [0.4, 0.5) is 5.69 Å². The molecule has 0 saturated carbocycles. The molecule has 3 nitrogen and oxygen atoms in total. The minimum atomic E-state index is 0.120. The number of benzene rings is 1. The third-order valence-electron chi connectivity index (χ3n) is 3.85. The smallest absolute Gasteiger partial charge is 0.279 e. The highest BCUT2D eigenvalue weighted by atomic mass is 79.9. The normalized spacial score (nSPS) is 23.1. The van der Waals surface area contributed by atoms with E-state index in [9.17, 15) is 4.79 Å². The van der Waals surface area contributed by atoms with E-state index >= 15 is 0 Å². The number of halogens is 1. The molecule has 2 rings (SSSR count). The fourth-order valence-electron chi connectivity index (χ4n) is 2.54. The van der Waals surface area contributed by atoms with Crippen molar-refractivity contribution in [3.05, 3.63) is 28.2 Å². The molecule has 19 heavy (non-hydrogen) atoms. The van der Waals surface area contributed by atoms with Gasteiger partial charge in [-0.05, 0) is 49.4 Å². The van der Waals surface area contributed by atoms with Crippen molar-refractivity contribution in [3.63, 3.8) is 0 Å². The Balaban J connectivity index is 1.87. The summed E-state index contributed by atoms with van der Waals surface area (Å²) in [7, 11) is 0. The van der Waals surface area contributed by atoms with Gasteiger partial charge >= 0.3 is 0 Å². The van der Waals surface area contributed by atoms with Gasteiger partial charge in [-0.1, -0.05) is 22.9 Å². The van der Waals surface area contributed by atoms with Crippen molar-refractivity contribution < 1.29 is 9.69 Å². The molecule has 1 aliphatic heterocycles. The van der Waals surface area contributed by atoms with Crippen LogP contribution in [-0.4, -0.2) is 25.5 Å². The molecule has 1 saturated heterocycles. The molecule has 0 radical (unpaired) electrons. The van der Waals surface area contributed by atoms with E-state index in [2.05, 4.69) is 28.2 Å². The highest BCUT2D eigenvalue weighted by Gasteiger charge is 2.21. The summed E-state index contributed by atoms with van der Waals surface area (Å²) in [6.07, 6.45) is 2.47. The van der Waals surface area contributed by atoms with E-state index in [0.29, 0.717) is 6.54 Å². The monoisotopic (exact) mass is 325 g/mol. The standard InChI is InChI=1S/C15H21BrN2O/c1-11-5-7-18(8-6-11)10-15(19)17-14-4-3-13(16)9-12(14)2/h3-4,9,11H,5-8,10H2,1-2H3,(H,17,19)/p+1. The molecule has 1 heterocycles. The molecule has 1 amide bonds. The average Bonchev–Trinajstić information content (AvgIpc) is 2.36. The summed E-state index contributed by atoms with van der Waals surface area (Å²) in [5, 5.41) is 3.02. The van der Waals surface area contributed by atoms with Gasteiger partial charge in [-0.25, -0.2) is 0 Å². The van der Waals surface area contributed by atoms with E-state index in [1.807, 2.05) is 25.1 Å². The minimum Gasteiger partial charge on any atom is -0.327 e. The van der Waals surface area contributed by atoms with E-state index < -0.39 is 0 Å². The molecule has 0 unspecified atom stereocenters. The molecular weight excluding hydrogens is 304 g/mol. The van der Waals surface area contributed by atoms with Gasteiger partial charge in [0.15, 0.2) is 6.54 Å². The number of aryl methyl sites for hydroxylation is 1. The maximum atomic E-state index is 12.1. The number of amides is 1. The van der Waals surface area contributed by atoms with Crippen LogP contribution in [0.3, 0.4) is 0 Å². The number of nitrogens with one attached hydrogen (secondary N) is 2. The molecular formula is C15H22BrN2O+. The van der Waals surface area contributed by atoms with Gasteiger partial charge in [0, 0.05) is 10.2 Å². The van der Waals surface area contributed by atoms with Crippen LogP contribution >= 0.6 is 15.9 Å². The molecule has 104 valence electrons. The summed E-state index contributed by atoms with van der Waals surface area (Å²) in [6, 6.07) is 5.92. The number of carbonyl (C=O) groups excluding carboxylic acids is 1. The van der Waals surface area contributed by atoms with Gasteiger partial charge in [0.25, 0.3) is 5.91 Å². The van der Waals surface area contributed by atoms with Crippen LogP contribution < -0.4 is 10.2 Å². The molecule has 4 heteroatoms. The highest BCUT2D eigenvalue weighted by molar-refractivity contribution is 9.10. The van der Waals surface area contributed by atoms with Gasteiger partial charge in [0.2, 0.25) is 0 Å². The molecule has 1 aliphatic rings. The van der Waals surface area contributed by atoms with Crippen molar-refractivity contribution in [2.24, 2.45) is 5.92 Å². The van der Waals surface area contributed by atoms with Gasteiger partial charge < -0.3 is 10.2 Å². The van der Waals surface area contributed by atoms with Crippen LogP contribution in [-0.2, 0) is 4.79 Å². The second kappa shape index (κ2) is 6.53. The third kappa shape index (κ3) is 4.32. The lowest BCUT2D eigenvalue weighted by Crippen LogP contribution is -3.14. The van der Waals surface area contributed by atoms with Gasteiger partial charge in [-0.2, -0.15) is 0 Å². The van der Waals surface area contributed by atoms with E-state index in [0.717, 1.165) is 34.7 Å². The zero-order valence-corrected chi connectivity index (χ0v) is 13.2. The van der Waals surface area contributed by atoms with Gasteiger partial charge in [-0.3, -0.25) is 4.79 Å². The number of rotatable bonds is 3. The zero-order valence-electron chi connectivity index (χ0n) is 11.6. The van der Waals surface area contributed by atoms with E-state index in [1.165, 1.54) is 17.7 Å². The molecule has 0 aliphatic carbocycles. The lowest BCUT2D eigenvalue weighted by Gasteiger charge is -2.26. The molecule has 0 aromatic heterocycles. The largest absolute Gasteiger partial charge is 0.327 e. The lowest BCUT2D eigenvalue weighted by molar-refractivity contribution is -0.897. The first-order valence-electron chi connectivity index (χ1n) is 6.94. The Morgan fingerprint density at radius 3 is 2.74 bits per heavy atom. The number of anilines is 1. The van der Waals surface area contributed by atoms with Crippen molar-refractivity contribution in [2.75, 3.05) is 25.0 Å². The summed E-state index contributed by atoms with van der Waals surface area (Å²) in [5.41, 5.74) is 2.00. The van der Waals surface area contributed by atoms with Crippen molar-refractivity contribution in [2.45, 2.75) is 26.7 Å². The van der Waals surface area contributed by atoms with Crippen molar-refractivity contribution in [1.29, 1.82) is 0 Å². The number of hydrogen-bond donors (Lipinski definition) is 2. The summed E-state index contributed by atoms with van der Waals surface area (Å²) >= 11 is 3.43. The van der Waals surface area contributed by atoms with Crippen LogP contribution in [0, 0.1) is 12.8 Å². The summed E-state index contributed by atoms with van der Waals surface area (Å²) in [5.74, 6) is 0.940. The van der Waals surface area contributed by atoms with Crippen LogP contribution in [0.5, 0.6) is 0 Å². The Kier molecular flexibility index (Phi) is 4.99. The van der Waals surface area contributed by atoms with Crippen LogP contribution in [0.15, 0.2) is 22.7 Å². The summed E-state index contributed by atoms with van der Waals surface area (Å²) < 4.78 is 1.04. The molecule has 0 spiro atoms. The lowest BCUT2D eigenvalue weighted by atomic mass is 9.99. The van der Waals surface area contributed by atoms with E-state index in [1.54, 1.807) is 0 Å². The number of quaternary nitrogens is 1. The predicted molar refractivity (Wildman–Crippen MR) is 81.5 cm³/mol. The van der Waals surface area contributed by atoms with Gasteiger partial charge in [0.05, 0.1) is 13.1 Å². The fraction of sp³-hybridized carbons (Fsp3) is 0.533. The Hall–Kier alpha value is -0.870. The number of hydrogen-bond acceptors (Lipinski definition) is 1. The number of likely N-dealkylation sites (tertiary alicyclic amines) is 1. The first-order valence-corrected chi connectivity index (χ1v) is 7.73. The Bertz CT molecular complexity index is 453. The fourth-order valence-corrected chi connectivity index (χ4v) is 3.01. The zero-order chi connectivity index (χ0) is 13.8. The summed E-state index contributed by atoms with van der Waals surface area (Å²) in [4.78, 5) is 13.5. The van der Waals surface area contributed by atoms with E-state index in [4.69, 9.17) is 0 Å². The topological polar surface area (TPSA) is 33.5 Å². The Morgan fingerprint density at radius 2 is 2.11 bits per heavy atom.